The number of aromatic nitrogens is 1. The van der Waals surface area contributed by atoms with Gasteiger partial charge in [-0.3, -0.25) is 34.2 Å². The Morgan fingerprint density at radius 1 is 1.02 bits per heavy atom. The van der Waals surface area contributed by atoms with Crippen LogP contribution in [0, 0.1) is 46.6 Å². The monoisotopic (exact) mass is 668 g/mol. The molecule has 1 saturated heterocycles. The molecule has 2 N–H and O–H groups in total. The minimum Gasteiger partial charge on any atom is -0.484 e. The maximum absolute atomic E-state index is 14.0. The molecule has 4 aliphatic rings. The maximum Gasteiger partial charge on any atom is 0.305 e. The van der Waals surface area contributed by atoms with Crippen molar-refractivity contribution in [1.82, 2.24) is 4.98 Å². The smallest absolute Gasteiger partial charge is 0.305 e. The summed E-state index contributed by atoms with van der Waals surface area (Å²) in [5.41, 5.74) is 2.86. The van der Waals surface area contributed by atoms with Crippen LogP contribution in [0.2, 0.25) is 0 Å². The second kappa shape index (κ2) is 11.2. The number of nitrogens with zero attached hydrogens (tertiary/aromatic N) is 2. The largest absolute Gasteiger partial charge is 0.484 e. The maximum atomic E-state index is 14.0. The molecule has 3 fully saturated rings. The van der Waals surface area contributed by atoms with E-state index in [-0.39, 0.29) is 63.8 Å². The summed E-state index contributed by atoms with van der Waals surface area (Å²) in [6.07, 6.45) is 0.730. The fourth-order valence-corrected chi connectivity index (χ4v) is 11.1. The molecule has 1 aromatic heterocycles. The van der Waals surface area contributed by atoms with Gasteiger partial charge >= 0.3 is 4.87 Å². The number of hydrogen-bond donors (Lipinski definition) is 2. The Kier molecular flexibility index (Phi) is 7.06. The number of anilines is 2. The molecule has 2 saturated carbocycles. The van der Waals surface area contributed by atoms with Gasteiger partial charge in [-0.05, 0) is 78.6 Å². The first-order valence-corrected chi connectivity index (χ1v) is 17.0. The van der Waals surface area contributed by atoms with Crippen molar-refractivity contribution in [2.75, 3.05) is 16.8 Å². The minimum absolute atomic E-state index is 0.00208. The molecular weight excluding hydrogens is 641 g/mol. The van der Waals surface area contributed by atoms with Crippen LogP contribution < -0.4 is 19.8 Å². The van der Waals surface area contributed by atoms with Crippen LogP contribution in [0.4, 0.5) is 17.1 Å². The van der Waals surface area contributed by atoms with E-state index in [2.05, 4.69) is 10.3 Å². The highest BCUT2D eigenvalue weighted by Crippen LogP contribution is 2.68. The molecule has 2 aliphatic heterocycles. The summed E-state index contributed by atoms with van der Waals surface area (Å²) in [6.45, 7) is 1.76. The van der Waals surface area contributed by atoms with Crippen molar-refractivity contribution in [2.45, 2.75) is 29.5 Å². The molecule has 8 rings (SSSR count). The quantitative estimate of drug-likeness (QED) is 0.152. The molecule has 47 heavy (non-hydrogen) atoms. The molecule has 2 aliphatic carbocycles. The lowest BCUT2D eigenvalue weighted by Gasteiger charge is -2.43. The van der Waals surface area contributed by atoms with E-state index >= 15 is 0 Å². The number of nitrogens with one attached hydrogen (secondary N) is 2. The zero-order valence-corrected chi connectivity index (χ0v) is 26.6. The van der Waals surface area contributed by atoms with Crippen LogP contribution in [0.1, 0.15) is 28.3 Å². The second-order valence-electron chi connectivity index (χ2n) is 12.5. The van der Waals surface area contributed by atoms with E-state index in [9.17, 15) is 29.3 Å². The topological polar surface area (TPSA) is 152 Å². The fourth-order valence-electron chi connectivity index (χ4n) is 8.23. The van der Waals surface area contributed by atoms with Crippen molar-refractivity contribution < 1.29 is 24.0 Å². The molecule has 0 spiro atoms. The Balaban J connectivity index is 1.08. The third-order valence-corrected chi connectivity index (χ3v) is 12.5. The molecular formula is C34H28N4O7S2. The number of thioether (sulfide) groups is 1. The third kappa shape index (κ3) is 4.87. The highest BCUT2D eigenvalue weighted by atomic mass is 32.2. The molecule has 11 nitrogen and oxygen atoms in total. The van der Waals surface area contributed by atoms with E-state index in [0.717, 1.165) is 27.5 Å². The van der Waals surface area contributed by atoms with E-state index in [1.807, 2.05) is 49.4 Å². The average molecular weight is 669 g/mol. The number of carbonyl (C=O) groups is 3. The third-order valence-electron chi connectivity index (χ3n) is 9.93. The van der Waals surface area contributed by atoms with Gasteiger partial charge in [-0.15, -0.1) is 11.8 Å². The highest BCUT2D eigenvalue weighted by Gasteiger charge is 2.69. The molecule has 0 radical (unpaired) electrons. The Morgan fingerprint density at radius 3 is 2.51 bits per heavy atom. The SMILES string of the molecule is Cc1cccc(NC(=O)COc2cccc([C@H]3c4sc(=O)[nH]c4SC4C3[C@H]3C[C@@H]4C4C(=O)N(c5ccc([N+](=O)[O-])cc5)C(=O)C43)c2)c1. The van der Waals surface area contributed by atoms with Crippen LogP contribution in [-0.4, -0.2) is 39.5 Å². The average Bonchev–Trinajstić information content (AvgIpc) is 3.79. The van der Waals surface area contributed by atoms with Gasteiger partial charge in [-0.25, -0.2) is 0 Å². The van der Waals surface area contributed by atoms with Crippen LogP contribution in [0.15, 0.2) is 82.6 Å². The van der Waals surface area contributed by atoms with Crippen LogP contribution in [-0.2, 0) is 14.4 Å². The van der Waals surface area contributed by atoms with E-state index < -0.39 is 16.8 Å². The minimum atomic E-state index is -0.516. The fraction of sp³-hybridized carbons (Fsp3) is 0.294. The summed E-state index contributed by atoms with van der Waals surface area (Å²) in [5.74, 6) is -1.68. The number of non-ortho nitro benzene ring substituents is 1. The number of hydrogen-bond acceptors (Lipinski definition) is 9. The molecule has 7 atom stereocenters. The number of amides is 3. The molecule has 3 amide bonds. The summed E-state index contributed by atoms with van der Waals surface area (Å²) >= 11 is 2.77. The van der Waals surface area contributed by atoms with Crippen LogP contribution in [0.5, 0.6) is 5.75 Å². The van der Waals surface area contributed by atoms with Crippen molar-refractivity contribution in [3.05, 3.63) is 109 Å². The number of aromatic amines is 1. The summed E-state index contributed by atoms with van der Waals surface area (Å²) in [4.78, 5) is 68.7. The first-order chi connectivity index (χ1) is 22.7. The lowest BCUT2D eigenvalue weighted by Crippen LogP contribution is -2.42. The lowest BCUT2D eigenvalue weighted by molar-refractivity contribution is -0.384. The Bertz CT molecular complexity index is 2020. The molecule has 4 unspecified atom stereocenters. The summed E-state index contributed by atoms with van der Waals surface area (Å²) < 4.78 is 5.92. The van der Waals surface area contributed by atoms with Gasteiger partial charge in [0, 0.05) is 33.9 Å². The summed E-state index contributed by atoms with van der Waals surface area (Å²) in [6, 6.07) is 20.6. The molecule has 13 heteroatoms. The second-order valence-corrected chi connectivity index (χ2v) is 14.7. The number of H-pyrrole nitrogens is 1. The van der Waals surface area contributed by atoms with E-state index in [1.165, 1.54) is 40.5 Å². The number of nitro benzene ring substituents is 1. The Labute approximate surface area is 276 Å². The van der Waals surface area contributed by atoms with Crippen LogP contribution in [0.25, 0.3) is 0 Å². The number of rotatable bonds is 7. The molecule has 238 valence electrons. The number of thiazole rings is 1. The van der Waals surface area contributed by atoms with Gasteiger partial charge in [0.15, 0.2) is 6.61 Å². The Hall–Kier alpha value is -4.75. The number of imide groups is 1. The molecule has 4 aromatic rings. The number of carbonyl (C=O) groups excluding carboxylic acids is 3. The normalized spacial score (nSPS) is 26.9. The predicted octanol–water partition coefficient (Wildman–Crippen LogP) is 5.35. The molecule has 3 heterocycles. The van der Waals surface area contributed by atoms with Gasteiger partial charge in [0.05, 0.1) is 27.5 Å². The van der Waals surface area contributed by atoms with E-state index in [4.69, 9.17) is 4.74 Å². The van der Waals surface area contributed by atoms with E-state index in [1.54, 1.807) is 17.8 Å². The van der Waals surface area contributed by atoms with Crippen LogP contribution >= 0.6 is 23.1 Å². The number of fused-ring (bicyclic) bond motifs is 9. The predicted molar refractivity (Wildman–Crippen MR) is 176 cm³/mol. The number of ether oxygens (including phenoxy) is 1. The van der Waals surface area contributed by atoms with Gasteiger partial charge in [0.25, 0.3) is 11.6 Å². The van der Waals surface area contributed by atoms with Gasteiger partial charge in [-0.1, -0.05) is 35.6 Å². The zero-order valence-electron chi connectivity index (χ0n) is 25.0. The first kappa shape index (κ1) is 29.6. The number of benzene rings is 3. The van der Waals surface area contributed by atoms with Crippen molar-refractivity contribution in [1.29, 1.82) is 0 Å². The standard InChI is InChI=1S/C34H28N4O7S2/c1-16-4-2-6-18(12-16)35-24(39)15-45-21-7-3-5-17(13-21)25-26-22-14-23(29(26)46-31-30(25)47-34(42)36-31)28-27(22)32(40)37(33(28)41)19-8-10-20(11-9-19)38(43)44/h2-13,22-23,25-29H,14-15H2,1H3,(H,35,39)(H,36,42)/t22-,23-,25-,26?,27?,28?,29?/m1/s1. The van der Waals surface area contributed by atoms with Gasteiger partial charge in [0.1, 0.15) is 5.75 Å². The lowest BCUT2D eigenvalue weighted by atomic mass is 9.68. The summed E-state index contributed by atoms with van der Waals surface area (Å²) in [5, 5.41) is 14.8. The highest BCUT2D eigenvalue weighted by molar-refractivity contribution is 8.00. The van der Waals surface area contributed by atoms with Gasteiger partial charge < -0.3 is 15.0 Å². The van der Waals surface area contributed by atoms with Crippen molar-refractivity contribution >= 4 is 57.9 Å². The van der Waals surface area contributed by atoms with E-state index in [0.29, 0.717) is 17.1 Å². The van der Waals surface area contributed by atoms with Gasteiger partial charge in [0.2, 0.25) is 11.8 Å². The van der Waals surface area contributed by atoms with Gasteiger partial charge in [-0.2, -0.15) is 0 Å². The molecule has 2 bridgehead atoms. The molecule has 3 aromatic carbocycles. The van der Waals surface area contributed by atoms with Crippen molar-refractivity contribution in [3.63, 3.8) is 0 Å². The van der Waals surface area contributed by atoms with Crippen molar-refractivity contribution in [3.8, 4) is 5.75 Å². The number of aryl methyl sites for hydroxylation is 1. The summed E-state index contributed by atoms with van der Waals surface area (Å²) in [7, 11) is 0. The van der Waals surface area contributed by atoms with Crippen LogP contribution in [0.3, 0.4) is 0 Å². The Morgan fingerprint density at radius 2 is 1.77 bits per heavy atom. The zero-order chi connectivity index (χ0) is 32.6. The first-order valence-electron chi connectivity index (χ1n) is 15.3. The number of nitro groups is 1. The van der Waals surface area contributed by atoms with Crippen molar-refractivity contribution in [2.24, 2.45) is 29.6 Å².